The number of methoxy groups -OCH3 is 1. The summed E-state index contributed by atoms with van der Waals surface area (Å²) in [4.78, 5) is 11.3. The molecule has 0 atom stereocenters. The van der Waals surface area contributed by atoms with Crippen LogP contribution in [0.2, 0.25) is 0 Å². The fraction of sp³-hybridized carbons (Fsp3) is 0.625. The highest BCUT2D eigenvalue weighted by molar-refractivity contribution is 5.85. The van der Waals surface area contributed by atoms with Gasteiger partial charge in [-0.25, -0.2) is 4.79 Å². The lowest BCUT2D eigenvalue weighted by Crippen LogP contribution is -2.15. The monoisotopic (exact) mass is 199 g/mol. The molecule has 0 fully saturated rings. The van der Waals surface area contributed by atoms with E-state index >= 15 is 0 Å². The van der Waals surface area contributed by atoms with Crippen LogP contribution in [0.3, 0.4) is 0 Å². The highest BCUT2D eigenvalue weighted by Crippen LogP contribution is 1.98. The zero-order chi connectivity index (χ0) is 10.4. The lowest BCUT2D eigenvalue weighted by molar-refractivity contribution is 0.0503. The second-order valence-electron chi connectivity index (χ2n) is 2.56. The summed E-state index contributed by atoms with van der Waals surface area (Å²) in [6.07, 6.45) is 1.48. The van der Waals surface area contributed by atoms with Gasteiger partial charge < -0.3 is 14.0 Å². The molecule has 1 rings (SSSR count). The quantitative estimate of drug-likeness (QED) is 0.629. The Balaban J connectivity index is 2.66. The molecule has 0 saturated heterocycles. The third-order valence-corrected chi connectivity index (χ3v) is 1.61. The Morgan fingerprint density at radius 1 is 1.64 bits per heavy atom. The van der Waals surface area contributed by atoms with Crippen LogP contribution in [0.1, 0.15) is 17.5 Å². The van der Waals surface area contributed by atoms with Crippen molar-refractivity contribution >= 4 is 5.97 Å². The highest BCUT2D eigenvalue weighted by atomic mass is 16.5. The van der Waals surface area contributed by atoms with Crippen LogP contribution < -0.4 is 0 Å². The first-order valence-corrected chi connectivity index (χ1v) is 4.33. The van der Waals surface area contributed by atoms with Crippen molar-refractivity contribution in [2.24, 2.45) is 0 Å². The first kappa shape index (κ1) is 10.6. The molecule has 0 spiro atoms. The van der Waals surface area contributed by atoms with Gasteiger partial charge in [-0.05, 0) is 6.92 Å². The maximum atomic E-state index is 11.3. The van der Waals surface area contributed by atoms with Gasteiger partial charge in [-0.2, -0.15) is 0 Å². The molecule has 0 amide bonds. The molecule has 1 aromatic heterocycles. The third kappa shape index (κ3) is 2.53. The second-order valence-corrected chi connectivity index (χ2v) is 2.56. The zero-order valence-electron chi connectivity index (χ0n) is 8.27. The van der Waals surface area contributed by atoms with Gasteiger partial charge in [0, 0.05) is 13.7 Å². The zero-order valence-corrected chi connectivity index (χ0v) is 8.27. The van der Waals surface area contributed by atoms with Crippen molar-refractivity contribution in [2.75, 3.05) is 20.3 Å². The predicted octanol–water partition coefficient (Wildman–Crippen LogP) is 0.101. The smallest absolute Gasteiger partial charge is 0.376 e. The molecule has 0 bridgehead atoms. The summed E-state index contributed by atoms with van der Waals surface area (Å²) in [6, 6.07) is 0. The minimum atomic E-state index is -0.457. The Morgan fingerprint density at radius 3 is 3.07 bits per heavy atom. The molecule has 1 aromatic rings. The molecular weight excluding hydrogens is 186 g/mol. The summed E-state index contributed by atoms with van der Waals surface area (Å²) in [7, 11) is 1.59. The molecule has 0 aromatic carbocycles. The lowest BCUT2D eigenvalue weighted by Gasteiger charge is -2.04. The van der Waals surface area contributed by atoms with Crippen LogP contribution in [0.5, 0.6) is 0 Å². The van der Waals surface area contributed by atoms with E-state index in [-0.39, 0.29) is 5.82 Å². The van der Waals surface area contributed by atoms with Gasteiger partial charge in [0.25, 0.3) is 0 Å². The lowest BCUT2D eigenvalue weighted by atomic mass is 10.5. The van der Waals surface area contributed by atoms with Crippen LogP contribution in [0.15, 0.2) is 6.33 Å². The molecule has 6 nitrogen and oxygen atoms in total. The number of rotatable bonds is 5. The molecule has 1 heterocycles. The maximum Gasteiger partial charge on any atom is 0.376 e. The van der Waals surface area contributed by atoms with Crippen molar-refractivity contribution in [2.45, 2.75) is 13.5 Å². The van der Waals surface area contributed by atoms with Crippen LogP contribution in [0.25, 0.3) is 0 Å². The molecule has 0 aliphatic heterocycles. The number of carbonyl (C=O) groups is 1. The molecule has 0 aliphatic carbocycles. The summed E-state index contributed by atoms with van der Waals surface area (Å²) in [5, 5.41) is 7.31. The molecule has 14 heavy (non-hydrogen) atoms. The number of nitrogens with zero attached hydrogens (tertiary/aromatic N) is 3. The van der Waals surface area contributed by atoms with E-state index in [1.54, 1.807) is 18.6 Å². The molecule has 78 valence electrons. The van der Waals surface area contributed by atoms with Crippen LogP contribution in [-0.4, -0.2) is 41.1 Å². The Labute approximate surface area is 81.8 Å². The van der Waals surface area contributed by atoms with Crippen LogP contribution in [0, 0.1) is 0 Å². The number of hydrogen-bond acceptors (Lipinski definition) is 5. The summed E-state index contributed by atoms with van der Waals surface area (Å²) < 4.78 is 11.3. The first-order chi connectivity index (χ1) is 6.79. The Bertz CT molecular complexity index is 298. The Morgan fingerprint density at radius 2 is 2.43 bits per heavy atom. The van der Waals surface area contributed by atoms with Crippen molar-refractivity contribution in [1.82, 2.24) is 14.8 Å². The number of hydrogen-bond donors (Lipinski definition) is 0. The number of aromatic nitrogens is 3. The van der Waals surface area contributed by atoms with Gasteiger partial charge >= 0.3 is 5.97 Å². The summed E-state index contributed by atoms with van der Waals surface area (Å²) >= 11 is 0. The van der Waals surface area contributed by atoms with Crippen molar-refractivity contribution < 1.29 is 14.3 Å². The standard InChI is InChI=1S/C8H13N3O3/c1-3-14-8(12)7-10-9-6-11(7)4-5-13-2/h6H,3-5H2,1-2H3. The van der Waals surface area contributed by atoms with E-state index < -0.39 is 5.97 Å². The van der Waals surface area contributed by atoms with E-state index in [0.717, 1.165) is 0 Å². The van der Waals surface area contributed by atoms with Gasteiger partial charge in [0.05, 0.1) is 13.2 Å². The predicted molar refractivity (Wildman–Crippen MR) is 47.9 cm³/mol. The van der Waals surface area contributed by atoms with E-state index in [9.17, 15) is 4.79 Å². The average molecular weight is 199 g/mol. The fourth-order valence-electron chi connectivity index (χ4n) is 0.962. The van der Waals surface area contributed by atoms with Crippen LogP contribution >= 0.6 is 0 Å². The van der Waals surface area contributed by atoms with E-state index in [1.807, 2.05) is 0 Å². The average Bonchev–Trinajstić information content (AvgIpc) is 2.63. The van der Waals surface area contributed by atoms with Gasteiger partial charge in [0.1, 0.15) is 6.33 Å². The summed E-state index contributed by atoms with van der Waals surface area (Å²) in [5.74, 6) is -0.245. The molecule has 0 unspecified atom stereocenters. The third-order valence-electron chi connectivity index (χ3n) is 1.61. The topological polar surface area (TPSA) is 66.2 Å². The minimum Gasteiger partial charge on any atom is -0.460 e. The number of ether oxygens (including phenoxy) is 2. The van der Waals surface area contributed by atoms with Crippen LogP contribution in [0.4, 0.5) is 0 Å². The SMILES string of the molecule is CCOC(=O)c1nncn1CCOC. The Kier molecular flexibility index (Phi) is 4.06. The number of esters is 1. The van der Waals surface area contributed by atoms with E-state index in [4.69, 9.17) is 9.47 Å². The van der Waals surface area contributed by atoms with Gasteiger partial charge in [-0.15, -0.1) is 10.2 Å². The molecule has 0 N–H and O–H groups in total. The normalized spacial score (nSPS) is 10.1. The molecule has 0 radical (unpaired) electrons. The van der Waals surface area contributed by atoms with E-state index in [2.05, 4.69) is 10.2 Å². The van der Waals surface area contributed by atoms with Crippen molar-refractivity contribution in [1.29, 1.82) is 0 Å². The van der Waals surface area contributed by atoms with E-state index in [1.165, 1.54) is 6.33 Å². The van der Waals surface area contributed by atoms with Crippen LogP contribution in [-0.2, 0) is 16.0 Å². The minimum absolute atomic E-state index is 0.212. The van der Waals surface area contributed by atoms with Gasteiger partial charge in [0.15, 0.2) is 0 Å². The summed E-state index contributed by atoms with van der Waals surface area (Å²) in [5.41, 5.74) is 0. The Hall–Kier alpha value is -1.43. The maximum absolute atomic E-state index is 11.3. The summed E-state index contributed by atoms with van der Waals surface area (Å²) in [6.45, 7) is 3.12. The molecular formula is C8H13N3O3. The van der Waals surface area contributed by atoms with E-state index in [0.29, 0.717) is 19.8 Å². The van der Waals surface area contributed by atoms with Gasteiger partial charge in [-0.1, -0.05) is 0 Å². The largest absolute Gasteiger partial charge is 0.460 e. The second kappa shape index (κ2) is 5.33. The first-order valence-electron chi connectivity index (χ1n) is 4.33. The number of carbonyl (C=O) groups excluding carboxylic acids is 1. The van der Waals surface area contributed by atoms with Gasteiger partial charge in [0.2, 0.25) is 5.82 Å². The van der Waals surface area contributed by atoms with Gasteiger partial charge in [-0.3, -0.25) is 0 Å². The van der Waals surface area contributed by atoms with Crippen molar-refractivity contribution in [3.63, 3.8) is 0 Å². The fourth-order valence-corrected chi connectivity index (χ4v) is 0.962. The van der Waals surface area contributed by atoms with Crippen molar-refractivity contribution in [3.8, 4) is 0 Å². The highest BCUT2D eigenvalue weighted by Gasteiger charge is 2.14. The molecule has 0 saturated carbocycles. The van der Waals surface area contributed by atoms with Crippen molar-refractivity contribution in [3.05, 3.63) is 12.2 Å². The molecule has 6 heteroatoms. The molecule has 0 aliphatic rings.